The SMILES string of the molecule is Cc1c(C(=O)OCC(=O)N2CCCc3cc([N+](=O)[O-])ccc32)oc2c(F)cccc12. The van der Waals surface area contributed by atoms with Crippen molar-refractivity contribution in [1.82, 2.24) is 0 Å². The molecule has 0 aliphatic carbocycles. The molecule has 0 fully saturated rings. The summed E-state index contributed by atoms with van der Waals surface area (Å²) in [5.41, 5.74) is 1.60. The molecule has 0 saturated heterocycles. The second-order valence-electron chi connectivity index (χ2n) is 6.97. The third-order valence-corrected chi connectivity index (χ3v) is 5.12. The molecular formula is C21H17FN2O6. The Balaban J connectivity index is 1.50. The first-order valence-corrected chi connectivity index (χ1v) is 9.29. The summed E-state index contributed by atoms with van der Waals surface area (Å²) in [6.07, 6.45) is 1.25. The van der Waals surface area contributed by atoms with Gasteiger partial charge in [0.1, 0.15) is 0 Å². The molecule has 0 N–H and O–H groups in total. The number of anilines is 1. The zero-order valence-electron chi connectivity index (χ0n) is 16.0. The van der Waals surface area contributed by atoms with Gasteiger partial charge in [0.05, 0.1) is 4.92 Å². The molecule has 1 aliphatic rings. The number of amides is 1. The lowest BCUT2D eigenvalue weighted by Gasteiger charge is -2.29. The van der Waals surface area contributed by atoms with E-state index < -0.39 is 29.2 Å². The molecule has 1 amide bonds. The summed E-state index contributed by atoms with van der Waals surface area (Å²) in [6.45, 7) is 1.49. The molecule has 1 aliphatic heterocycles. The number of ether oxygens (including phenoxy) is 1. The van der Waals surface area contributed by atoms with Gasteiger partial charge in [-0.05, 0) is 37.5 Å². The molecule has 9 heteroatoms. The lowest BCUT2D eigenvalue weighted by molar-refractivity contribution is -0.384. The number of hydrogen-bond donors (Lipinski definition) is 0. The van der Waals surface area contributed by atoms with Gasteiger partial charge in [-0.1, -0.05) is 12.1 Å². The van der Waals surface area contributed by atoms with E-state index in [4.69, 9.17) is 9.15 Å². The highest BCUT2D eigenvalue weighted by Gasteiger charge is 2.27. The summed E-state index contributed by atoms with van der Waals surface area (Å²) < 4.78 is 24.3. The van der Waals surface area contributed by atoms with E-state index in [2.05, 4.69) is 0 Å². The molecule has 3 aromatic rings. The van der Waals surface area contributed by atoms with Crippen LogP contribution < -0.4 is 4.90 Å². The van der Waals surface area contributed by atoms with Crippen LogP contribution in [0.15, 0.2) is 40.8 Å². The van der Waals surface area contributed by atoms with Gasteiger partial charge >= 0.3 is 5.97 Å². The number of nitrogens with zero attached hydrogens (tertiary/aromatic N) is 2. The summed E-state index contributed by atoms with van der Waals surface area (Å²) in [7, 11) is 0. The van der Waals surface area contributed by atoms with Crippen molar-refractivity contribution in [2.45, 2.75) is 19.8 Å². The van der Waals surface area contributed by atoms with Crippen molar-refractivity contribution in [2.75, 3.05) is 18.1 Å². The first-order valence-electron chi connectivity index (χ1n) is 9.29. The zero-order chi connectivity index (χ0) is 21.4. The van der Waals surface area contributed by atoms with Gasteiger partial charge in [-0.15, -0.1) is 0 Å². The second kappa shape index (κ2) is 7.58. The van der Waals surface area contributed by atoms with Gasteiger partial charge in [0.15, 0.2) is 18.0 Å². The minimum absolute atomic E-state index is 0.0398. The van der Waals surface area contributed by atoms with E-state index in [9.17, 15) is 24.1 Å². The summed E-state index contributed by atoms with van der Waals surface area (Å²) in [6, 6.07) is 8.68. The zero-order valence-corrected chi connectivity index (χ0v) is 16.0. The van der Waals surface area contributed by atoms with E-state index in [0.717, 1.165) is 0 Å². The van der Waals surface area contributed by atoms with Crippen LogP contribution in [0.25, 0.3) is 11.0 Å². The van der Waals surface area contributed by atoms with Crippen LogP contribution in [-0.4, -0.2) is 30.0 Å². The van der Waals surface area contributed by atoms with Gasteiger partial charge in [-0.2, -0.15) is 0 Å². The number of halogens is 1. The number of nitro groups is 1. The number of carbonyl (C=O) groups is 2. The summed E-state index contributed by atoms with van der Waals surface area (Å²) in [4.78, 5) is 37.0. The fourth-order valence-corrected chi connectivity index (χ4v) is 3.63. The van der Waals surface area contributed by atoms with Crippen LogP contribution in [0, 0.1) is 22.9 Å². The molecule has 0 atom stereocenters. The molecule has 30 heavy (non-hydrogen) atoms. The first-order chi connectivity index (χ1) is 14.4. The molecule has 2 heterocycles. The van der Waals surface area contributed by atoms with Crippen LogP contribution in [0.4, 0.5) is 15.8 Å². The lowest BCUT2D eigenvalue weighted by Crippen LogP contribution is -2.38. The van der Waals surface area contributed by atoms with E-state index in [1.165, 1.54) is 35.2 Å². The Labute approximate surface area is 170 Å². The number of carbonyl (C=O) groups excluding carboxylic acids is 2. The summed E-state index contributed by atoms with van der Waals surface area (Å²) >= 11 is 0. The molecule has 0 bridgehead atoms. The average Bonchev–Trinajstić information content (AvgIpc) is 3.09. The van der Waals surface area contributed by atoms with E-state index in [-0.39, 0.29) is 17.0 Å². The van der Waals surface area contributed by atoms with Crippen molar-refractivity contribution in [3.8, 4) is 0 Å². The monoisotopic (exact) mass is 412 g/mol. The standard InChI is InChI=1S/C21H17FN2O6/c1-12-15-5-2-6-16(22)20(15)30-19(12)21(26)29-11-18(25)23-9-3-4-13-10-14(24(27)28)7-8-17(13)23/h2,5-8,10H,3-4,9,11H2,1H3. The van der Waals surface area contributed by atoms with Gasteiger partial charge in [-0.3, -0.25) is 14.9 Å². The number of nitro benzene ring substituents is 1. The molecule has 0 saturated carbocycles. The predicted molar refractivity (Wildman–Crippen MR) is 105 cm³/mol. The number of non-ortho nitro benzene ring substituents is 1. The minimum Gasteiger partial charge on any atom is -0.450 e. The lowest BCUT2D eigenvalue weighted by atomic mass is 10.0. The highest BCUT2D eigenvalue weighted by Crippen LogP contribution is 2.31. The van der Waals surface area contributed by atoms with Gasteiger partial charge in [-0.25, -0.2) is 9.18 Å². The fraction of sp³-hybridized carbons (Fsp3) is 0.238. The number of fused-ring (bicyclic) bond motifs is 2. The maximum Gasteiger partial charge on any atom is 0.375 e. The molecular weight excluding hydrogens is 395 g/mol. The molecule has 0 spiro atoms. The second-order valence-corrected chi connectivity index (χ2v) is 6.97. The Morgan fingerprint density at radius 3 is 2.83 bits per heavy atom. The highest BCUT2D eigenvalue weighted by molar-refractivity contribution is 5.99. The van der Waals surface area contributed by atoms with Crippen LogP contribution >= 0.6 is 0 Å². The van der Waals surface area contributed by atoms with Crippen molar-refractivity contribution in [2.24, 2.45) is 0 Å². The highest BCUT2D eigenvalue weighted by atomic mass is 19.1. The van der Waals surface area contributed by atoms with E-state index in [1.807, 2.05) is 0 Å². The van der Waals surface area contributed by atoms with Crippen molar-refractivity contribution in [1.29, 1.82) is 0 Å². The normalized spacial score (nSPS) is 13.2. The number of aryl methyl sites for hydroxylation is 2. The van der Waals surface area contributed by atoms with Crippen LogP contribution in [0.5, 0.6) is 0 Å². The number of furan rings is 1. The maximum atomic E-state index is 13.9. The number of benzene rings is 2. The number of para-hydroxylation sites is 1. The van der Waals surface area contributed by atoms with Gasteiger partial charge in [0.2, 0.25) is 5.76 Å². The Morgan fingerprint density at radius 1 is 1.30 bits per heavy atom. The Bertz CT molecular complexity index is 1190. The quantitative estimate of drug-likeness (QED) is 0.366. The van der Waals surface area contributed by atoms with Gasteiger partial charge in [0.25, 0.3) is 11.6 Å². The van der Waals surface area contributed by atoms with Gasteiger partial charge < -0.3 is 14.1 Å². The van der Waals surface area contributed by atoms with Crippen molar-refractivity contribution in [3.63, 3.8) is 0 Å². The summed E-state index contributed by atoms with van der Waals surface area (Å²) in [5.74, 6) is -2.07. The Morgan fingerprint density at radius 2 is 2.10 bits per heavy atom. The molecule has 2 aromatic carbocycles. The maximum absolute atomic E-state index is 13.9. The first kappa shape index (κ1) is 19.6. The third-order valence-electron chi connectivity index (χ3n) is 5.12. The van der Waals surface area contributed by atoms with Crippen molar-refractivity contribution >= 4 is 34.2 Å². The molecule has 1 aromatic heterocycles. The number of esters is 1. The Hall–Kier alpha value is -3.75. The van der Waals surface area contributed by atoms with Crippen LogP contribution in [0.1, 0.15) is 28.1 Å². The van der Waals surface area contributed by atoms with Crippen molar-refractivity contribution in [3.05, 3.63) is 69.2 Å². The molecule has 154 valence electrons. The molecule has 4 rings (SSSR count). The van der Waals surface area contributed by atoms with E-state index in [1.54, 1.807) is 13.0 Å². The van der Waals surface area contributed by atoms with Crippen molar-refractivity contribution < 1.29 is 28.1 Å². The Kier molecular flexibility index (Phi) is 4.94. The van der Waals surface area contributed by atoms with Gasteiger partial charge in [0, 0.05) is 35.3 Å². The number of hydrogen-bond acceptors (Lipinski definition) is 6. The number of rotatable bonds is 4. The third kappa shape index (κ3) is 3.38. The smallest absolute Gasteiger partial charge is 0.375 e. The topological polar surface area (TPSA) is 103 Å². The molecule has 0 radical (unpaired) electrons. The van der Waals surface area contributed by atoms with E-state index in [0.29, 0.717) is 41.6 Å². The van der Waals surface area contributed by atoms with Crippen LogP contribution in [0.2, 0.25) is 0 Å². The predicted octanol–water partition coefficient (Wildman–Crippen LogP) is 3.92. The average molecular weight is 412 g/mol. The van der Waals surface area contributed by atoms with Crippen LogP contribution in [0.3, 0.4) is 0 Å². The molecule has 8 nitrogen and oxygen atoms in total. The molecule has 0 unspecified atom stereocenters. The summed E-state index contributed by atoms with van der Waals surface area (Å²) in [5, 5.41) is 11.4. The largest absolute Gasteiger partial charge is 0.450 e. The van der Waals surface area contributed by atoms with E-state index >= 15 is 0 Å². The fourth-order valence-electron chi connectivity index (χ4n) is 3.63. The minimum atomic E-state index is -0.864. The van der Waals surface area contributed by atoms with Crippen LogP contribution in [-0.2, 0) is 16.0 Å².